The summed E-state index contributed by atoms with van der Waals surface area (Å²) >= 11 is 0. The molecule has 0 heterocycles. The van der Waals surface area contributed by atoms with Gasteiger partial charge in [0.1, 0.15) is 0 Å². The van der Waals surface area contributed by atoms with Gasteiger partial charge in [0, 0.05) is 5.92 Å². The zero-order chi connectivity index (χ0) is 13.5. The van der Waals surface area contributed by atoms with E-state index in [1.54, 1.807) is 13.8 Å². The third-order valence-corrected chi connectivity index (χ3v) is 4.54. The lowest BCUT2D eigenvalue weighted by atomic mass is 9.79. The van der Waals surface area contributed by atoms with Crippen LogP contribution in [0.25, 0.3) is 0 Å². The molecular formula is C14H27NO2. The quantitative estimate of drug-likeness (QED) is 0.797. The molecule has 0 saturated heterocycles. The normalized spacial score (nSPS) is 24.8. The minimum atomic E-state index is -0.925. The molecule has 3 nitrogen and oxygen atoms in total. The largest absolute Gasteiger partial charge is 0.388 e. The number of rotatable bonds is 3. The molecule has 0 aromatic carbocycles. The van der Waals surface area contributed by atoms with Gasteiger partial charge in [-0.3, -0.25) is 4.79 Å². The summed E-state index contributed by atoms with van der Waals surface area (Å²) in [6.45, 7) is 11.5. The van der Waals surface area contributed by atoms with Crippen molar-refractivity contribution in [3.05, 3.63) is 0 Å². The Balaban J connectivity index is 2.74. The van der Waals surface area contributed by atoms with E-state index in [1.807, 2.05) is 13.8 Å². The Bertz CT molecular complexity index is 300. The van der Waals surface area contributed by atoms with E-state index < -0.39 is 11.1 Å². The van der Waals surface area contributed by atoms with Crippen LogP contribution in [0.5, 0.6) is 0 Å². The maximum atomic E-state index is 12.3. The number of hydrogen-bond donors (Lipinski definition) is 2. The summed E-state index contributed by atoms with van der Waals surface area (Å²) in [5.41, 5.74) is -1.45. The monoisotopic (exact) mass is 241 g/mol. The van der Waals surface area contributed by atoms with E-state index >= 15 is 0 Å². The summed E-state index contributed by atoms with van der Waals surface area (Å²) in [7, 11) is 0. The first-order valence-electron chi connectivity index (χ1n) is 6.52. The second-order valence-electron chi connectivity index (χ2n) is 7.11. The maximum Gasteiger partial charge on any atom is 0.224 e. The van der Waals surface area contributed by atoms with Crippen molar-refractivity contribution in [3.63, 3.8) is 0 Å². The molecule has 0 radical (unpaired) electrons. The number of amides is 1. The molecule has 2 N–H and O–H groups in total. The van der Waals surface area contributed by atoms with Gasteiger partial charge in [-0.05, 0) is 46.0 Å². The second-order valence-corrected chi connectivity index (χ2v) is 7.11. The summed E-state index contributed by atoms with van der Waals surface area (Å²) in [5.74, 6) is 0.156. The minimum Gasteiger partial charge on any atom is -0.388 e. The summed E-state index contributed by atoms with van der Waals surface area (Å²) < 4.78 is 0. The molecule has 3 heteroatoms. The van der Waals surface area contributed by atoms with E-state index in [0.717, 1.165) is 19.3 Å². The summed E-state index contributed by atoms with van der Waals surface area (Å²) in [5, 5.41) is 13.1. The van der Waals surface area contributed by atoms with Crippen LogP contribution in [0.2, 0.25) is 0 Å². The van der Waals surface area contributed by atoms with Gasteiger partial charge in [0.25, 0.3) is 0 Å². The van der Waals surface area contributed by atoms with Gasteiger partial charge in [-0.2, -0.15) is 0 Å². The predicted molar refractivity (Wildman–Crippen MR) is 69.6 cm³/mol. The summed E-state index contributed by atoms with van der Waals surface area (Å²) in [6.07, 6.45) is 3.18. The van der Waals surface area contributed by atoms with Crippen LogP contribution in [0, 0.1) is 11.3 Å². The van der Waals surface area contributed by atoms with Crippen LogP contribution in [0.15, 0.2) is 0 Å². The van der Waals surface area contributed by atoms with Gasteiger partial charge in [-0.25, -0.2) is 0 Å². The number of hydrogen-bond acceptors (Lipinski definition) is 2. The van der Waals surface area contributed by atoms with E-state index in [0.29, 0.717) is 0 Å². The fourth-order valence-corrected chi connectivity index (χ4v) is 2.36. The summed E-state index contributed by atoms with van der Waals surface area (Å²) in [4.78, 5) is 12.3. The molecule has 17 heavy (non-hydrogen) atoms. The Hall–Kier alpha value is -0.570. The number of carbonyl (C=O) groups excluding carboxylic acids is 1. The summed E-state index contributed by atoms with van der Waals surface area (Å²) in [6, 6.07) is 0. The van der Waals surface area contributed by atoms with Crippen LogP contribution in [0.3, 0.4) is 0 Å². The van der Waals surface area contributed by atoms with E-state index in [1.165, 1.54) is 0 Å². The van der Waals surface area contributed by atoms with Gasteiger partial charge in [0.15, 0.2) is 0 Å². The van der Waals surface area contributed by atoms with Crippen LogP contribution < -0.4 is 5.32 Å². The van der Waals surface area contributed by atoms with Gasteiger partial charge in [-0.1, -0.05) is 20.3 Å². The molecule has 0 aromatic heterocycles. The molecular weight excluding hydrogens is 214 g/mol. The topological polar surface area (TPSA) is 49.3 Å². The van der Waals surface area contributed by atoms with Gasteiger partial charge >= 0.3 is 0 Å². The van der Waals surface area contributed by atoms with E-state index in [-0.39, 0.29) is 17.2 Å². The molecule has 0 spiro atoms. The Kier molecular flexibility index (Phi) is 3.64. The smallest absolute Gasteiger partial charge is 0.224 e. The second kappa shape index (κ2) is 4.27. The van der Waals surface area contributed by atoms with Gasteiger partial charge in [0.05, 0.1) is 11.1 Å². The van der Waals surface area contributed by atoms with Crippen LogP contribution in [-0.4, -0.2) is 22.2 Å². The third kappa shape index (κ3) is 3.01. The minimum absolute atomic E-state index is 0.0733. The standard InChI is InChI=1S/C14H27NO2/c1-12(2)9-7-8-10(12)11(16)15-13(3,4)14(5,6)17/h10,17H,7-9H2,1-6H3,(H,15,16). The third-order valence-electron chi connectivity index (χ3n) is 4.54. The number of aliphatic hydroxyl groups is 1. The van der Waals surface area contributed by atoms with Gasteiger partial charge < -0.3 is 10.4 Å². The first-order valence-corrected chi connectivity index (χ1v) is 6.52. The average Bonchev–Trinajstić information content (AvgIpc) is 2.42. The zero-order valence-corrected chi connectivity index (χ0v) is 12.1. The highest BCUT2D eigenvalue weighted by atomic mass is 16.3. The molecule has 1 rings (SSSR count). The average molecular weight is 241 g/mol. The molecule has 1 atom stereocenters. The first-order chi connectivity index (χ1) is 7.47. The molecule has 1 fully saturated rings. The van der Waals surface area contributed by atoms with Crippen LogP contribution in [-0.2, 0) is 4.79 Å². The first kappa shape index (κ1) is 14.5. The molecule has 1 aliphatic carbocycles. The predicted octanol–water partition coefficient (Wildman–Crippen LogP) is 2.48. The Labute approximate surface area is 105 Å². The molecule has 0 bridgehead atoms. The van der Waals surface area contributed by atoms with Crippen LogP contribution >= 0.6 is 0 Å². The number of nitrogens with one attached hydrogen (secondary N) is 1. The van der Waals surface area contributed by atoms with E-state index in [2.05, 4.69) is 19.2 Å². The lowest BCUT2D eigenvalue weighted by Gasteiger charge is -2.40. The lowest BCUT2D eigenvalue weighted by molar-refractivity contribution is -0.132. The van der Waals surface area contributed by atoms with Crippen molar-refractivity contribution in [2.24, 2.45) is 11.3 Å². The lowest BCUT2D eigenvalue weighted by Crippen LogP contribution is -2.59. The van der Waals surface area contributed by atoms with E-state index in [4.69, 9.17) is 0 Å². The molecule has 1 amide bonds. The Morgan fingerprint density at radius 3 is 2.18 bits per heavy atom. The van der Waals surface area contributed by atoms with Crippen molar-refractivity contribution in [1.82, 2.24) is 5.32 Å². The van der Waals surface area contributed by atoms with Crippen LogP contribution in [0.4, 0.5) is 0 Å². The highest BCUT2D eigenvalue weighted by molar-refractivity contribution is 5.80. The Morgan fingerprint density at radius 2 is 1.82 bits per heavy atom. The zero-order valence-electron chi connectivity index (χ0n) is 12.1. The van der Waals surface area contributed by atoms with Crippen molar-refractivity contribution in [2.75, 3.05) is 0 Å². The van der Waals surface area contributed by atoms with Gasteiger partial charge in [-0.15, -0.1) is 0 Å². The molecule has 0 aliphatic heterocycles. The fraction of sp³-hybridized carbons (Fsp3) is 0.929. The van der Waals surface area contributed by atoms with Crippen molar-refractivity contribution < 1.29 is 9.90 Å². The molecule has 0 aromatic rings. The highest BCUT2D eigenvalue weighted by Crippen LogP contribution is 2.43. The van der Waals surface area contributed by atoms with Crippen molar-refractivity contribution in [3.8, 4) is 0 Å². The number of carbonyl (C=O) groups is 1. The van der Waals surface area contributed by atoms with Crippen molar-refractivity contribution in [1.29, 1.82) is 0 Å². The molecule has 1 saturated carbocycles. The maximum absolute atomic E-state index is 12.3. The van der Waals surface area contributed by atoms with Gasteiger partial charge in [0.2, 0.25) is 5.91 Å². The fourth-order valence-electron chi connectivity index (χ4n) is 2.36. The van der Waals surface area contributed by atoms with Crippen molar-refractivity contribution in [2.45, 2.75) is 71.9 Å². The molecule has 1 unspecified atom stereocenters. The Morgan fingerprint density at radius 1 is 1.29 bits per heavy atom. The molecule has 1 aliphatic rings. The van der Waals surface area contributed by atoms with Crippen molar-refractivity contribution >= 4 is 5.91 Å². The molecule has 100 valence electrons. The van der Waals surface area contributed by atoms with Crippen LogP contribution in [0.1, 0.15) is 60.8 Å². The highest BCUT2D eigenvalue weighted by Gasteiger charge is 2.43. The van der Waals surface area contributed by atoms with E-state index in [9.17, 15) is 9.90 Å². The SMILES string of the molecule is CC1(C)CCCC1C(=O)NC(C)(C)C(C)(C)O.